The summed E-state index contributed by atoms with van der Waals surface area (Å²) in [5.74, 6) is 1.68. The molecule has 0 fully saturated rings. The van der Waals surface area contributed by atoms with E-state index in [2.05, 4.69) is 43.3 Å². The first-order valence-electron chi connectivity index (χ1n) is 14.1. The molecule has 46 heavy (non-hydrogen) atoms. The van der Waals surface area contributed by atoms with Crippen LogP contribution in [0.3, 0.4) is 0 Å². The molecule has 1 N–H and O–H groups in total. The summed E-state index contributed by atoms with van der Waals surface area (Å²) in [6, 6.07) is 34.4. The molecule has 0 unspecified atom stereocenters. The monoisotopic (exact) mass is 662 g/mol. The van der Waals surface area contributed by atoms with Crippen LogP contribution in [-0.2, 0) is 20.0 Å². The molecule has 0 saturated heterocycles. The predicted octanol–water partition coefficient (Wildman–Crippen LogP) is 7.76. The average molecular weight is 663 g/mol. The van der Waals surface area contributed by atoms with Gasteiger partial charge in [0.25, 0.3) is 10.1 Å². The fourth-order valence-electron chi connectivity index (χ4n) is 4.12. The molecule has 0 saturated carbocycles. The molecule has 5 aromatic rings. The lowest BCUT2D eigenvalue weighted by Crippen LogP contribution is -2.01. The van der Waals surface area contributed by atoms with Crippen LogP contribution >= 0.6 is 0 Å². The number of methoxy groups -OCH3 is 3. The van der Waals surface area contributed by atoms with Crippen molar-refractivity contribution in [3.05, 3.63) is 132 Å². The standard InChI is InChI=1S/C14H14O3S.C14H14O.C8H10O4S/c1-11-3-7-13(8-4-11)18(15,16)14-9-5-12(17-2)6-10-14;1-11-3-5-12(6-4-11)13-7-9-14(15-2)10-8-13;1-6-3-4-7(12-2)8(5-6)13(9,10)11/h3-10H,1-2H3;3-10H,1-2H3;3-5H,1-2H3,(H,9,10,11). The Labute approximate surface area is 271 Å². The van der Waals surface area contributed by atoms with Crippen molar-refractivity contribution in [2.75, 3.05) is 21.3 Å². The molecule has 10 heteroatoms. The molecule has 0 heterocycles. The molecule has 5 aromatic carbocycles. The van der Waals surface area contributed by atoms with Gasteiger partial charge in [-0.25, -0.2) is 8.42 Å². The molecular weight excluding hydrogens is 625 g/mol. The Hall–Kier alpha value is -4.64. The molecule has 5 rings (SSSR count). The van der Waals surface area contributed by atoms with Gasteiger partial charge in [-0.15, -0.1) is 0 Å². The first kappa shape index (κ1) is 35.8. The lowest BCUT2D eigenvalue weighted by molar-refractivity contribution is 0.397. The van der Waals surface area contributed by atoms with Gasteiger partial charge in [-0.3, -0.25) is 4.55 Å². The van der Waals surface area contributed by atoms with E-state index in [1.807, 2.05) is 19.1 Å². The van der Waals surface area contributed by atoms with E-state index in [0.29, 0.717) is 10.6 Å². The highest BCUT2D eigenvalue weighted by Gasteiger charge is 2.17. The SMILES string of the molecule is COc1ccc(-c2ccc(C)cc2)cc1.COc1ccc(C)cc1S(=O)(=O)O.COc1ccc(S(=O)(=O)c2ccc(C)cc2)cc1. The molecule has 242 valence electrons. The summed E-state index contributed by atoms with van der Waals surface area (Å²) in [5, 5.41) is 0. The third kappa shape index (κ3) is 9.93. The fourth-order valence-corrected chi connectivity index (χ4v) is 6.12. The lowest BCUT2D eigenvalue weighted by atomic mass is 10.0. The Bertz CT molecular complexity index is 1920. The molecule has 0 atom stereocenters. The summed E-state index contributed by atoms with van der Waals surface area (Å²) >= 11 is 0. The zero-order valence-electron chi connectivity index (χ0n) is 26.6. The Morgan fingerprint density at radius 3 is 1.26 bits per heavy atom. The van der Waals surface area contributed by atoms with Gasteiger partial charge in [-0.1, -0.05) is 65.7 Å². The van der Waals surface area contributed by atoms with Crippen LogP contribution in [0.25, 0.3) is 11.1 Å². The molecule has 0 bridgehead atoms. The normalized spacial score (nSPS) is 10.8. The second-order valence-corrected chi connectivity index (χ2v) is 13.6. The van der Waals surface area contributed by atoms with Gasteiger partial charge in [0.2, 0.25) is 9.84 Å². The molecule has 0 amide bonds. The van der Waals surface area contributed by atoms with E-state index in [1.165, 1.54) is 35.9 Å². The van der Waals surface area contributed by atoms with Crippen LogP contribution in [0.2, 0.25) is 0 Å². The van der Waals surface area contributed by atoms with Crippen LogP contribution < -0.4 is 14.2 Å². The molecule has 0 aliphatic carbocycles. The van der Waals surface area contributed by atoms with E-state index >= 15 is 0 Å². The van der Waals surface area contributed by atoms with Crippen molar-refractivity contribution in [2.24, 2.45) is 0 Å². The van der Waals surface area contributed by atoms with E-state index in [-0.39, 0.29) is 15.5 Å². The van der Waals surface area contributed by atoms with Gasteiger partial charge >= 0.3 is 0 Å². The zero-order valence-corrected chi connectivity index (χ0v) is 28.2. The van der Waals surface area contributed by atoms with Crippen molar-refractivity contribution in [3.63, 3.8) is 0 Å². The van der Waals surface area contributed by atoms with Gasteiger partial charge in [0.1, 0.15) is 22.1 Å². The first-order valence-corrected chi connectivity index (χ1v) is 17.0. The number of benzene rings is 5. The summed E-state index contributed by atoms with van der Waals surface area (Å²) in [6.07, 6.45) is 0. The minimum Gasteiger partial charge on any atom is -0.497 e. The van der Waals surface area contributed by atoms with Gasteiger partial charge in [-0.05, 0) is 98.1 Å². The van der Waals surface area contributed by atoms with E-state index in [0.717, 1.165) is 16.9 Å². The van der Waals surface area contributed by atoms with Gasteiger partial charge in [0, 0.05) is 0 Å². The predicted molar refractivity (Wildman–Crippen MR) is 180 cm³/mol. The summed E-state index contributed by atoms with van der Waals surface area (Å²) in [4.78, 5) is 0.375. The maximum atomic E-state index is 12.3. The van der Waals surface area contributed by atoms with Crippen LogP contribution in [0.1, 0.15) is 16.7 Å². The minimum atomic E-state index is -4.19. The van der Waals surface area contributed by atoms with Crippen LogP contribution in [-0.4, -0.2) is 42.7 Å². The summed E-state index contributed by atoms with van der Waals surface area (Å²) in [7, 11) is -3.06. The van der Waals surface area contributed by atoms with Crippen molar-refractivity contribution in [2.45, 2.75) is 35.5 Å². The van der Waals surface area contributed by atoms with Crippen molar-refractivity contribution in [1.29, 1.82) is 0 Å². The van der Waals surface area contributed by atoms with Crippen LogP contribution in [0, 0.1) is 20.8 Å². The topological polar surface area (TPSA) is 116 Å². The average Bonchev–Trinajstić information content (AvgIpc) is 3.05. The van der Waals surface area contributed by atoms with E-state index in [4.69, 9.17) is 18.8 Å². The number of rotatable bonds is 7. The Balaban J connectivity index is 0.000000191. The third-order valence-corrected chi connectivity index (χ3v) is 9.43. The van der Waals surface area contributed by atoms with E-state index in [9.17, 15) is 16.8 Å². The van der Waals surface area contributed by atoms with Crippen molar-refractivity contribution in [3.8, 4) is 28.4 Å². The minimum absolute atomic E-state index is 0.146. The fraction of sp³-hybridized carbons (Fsp3) is 0.167. The quantitative estimate of drug-likeness (QED) is 0.176. The third-order valence-electron chi connectivity index (χ3n) is 6.77. The molecule has 0 spiro atoms. The maximum Gasteiger partial charge on any atom is 0.298 e. The van der Waals surface area contributed by atoms with Crippen LogP contribution in [0.15, 0.2) is 130 Å². The highest BCUT2D eigenvalue weighted by Crippen LogP contribution is 2.25. The van der Waals surface area contributed by atoms with E-state index in [1.54, 1.807) is 75.7 Å². The lowest BCUT2D eigenvalue weighted by Gasteiger charge is -2.06. The van der Waals surface area contributed by atoms with Crippen LogP contribution in [0.4, 0.5) is 0 Å². The molecule has 0 radical (unpaired) electrons. The summed E-state index contributed by atoms with van der Waals surface area (Å²) in [5.41, 5.74) is 5.52. The van der Waals surface area contributed by atoms with Gasteiger partial charge in [0.15, 0.2) is 0 Å². The van der Waals surface area contributed by atoms with Crippen molar-refractivity contribution < 1.29 is 35.6 Å². The number of ether oxygens (including phenoxy) is 3. The highest BCUT2D eigenvalue weighted by atomic mass is 32.2. The Morgan fingerprint density at radius 2 is 0.848 bits per heavy atom. The number of sulfone groups is 1. The molecule has 0 aliphatic rings. The summed E-state index contributed by atoms with van der Waals surface area (Å²) in [6.45, 7) is 5.75. The van der Waals surface area contributed by atoms with Gasteiger partial charge < -0.3 is 14.2 Å². The Morgan fingerprint density at radius 1 is 0.478 bits per heavy atom. The first-order chi connectivity index (χ1) is 21.8. The number of aryl methyl sites for hydroxylation is 3. The molecule has 0 aliphatic heterocycles. The largest absolute Gasteiger partial charge is 0.497 e. The molecular formula is C36H38O8S2. The smallest absolute Gasteiger partial charge is 0.298 e. The van der Waals surface area contributed by atoms with E-state index < -0.39 is 20.0 Å². The maximum absolute atomic E-state index is 12.3. The highest BCUT2D eigenvalue weighted by molar-refractivity contribution is 7.91. The second-order valence-electron chi connectivity index (χ2n) is 10.2. The summed E-state index contributed by atoms with van der Waals surface area (Å²) < 4.78 is 70.0. The van der Waals surface area contributed by atoms with Crippen molar-refractivity contribution in [1.82, 2.24) is 0 Å². The van der Waals surface area contributed by atoms with Gasteiger partial charge in [0.05, 0.1) is 31.1 Å². The van der Waals surface area contributed by atoms with Crippen molar-refractivity contribution >= 4 is 20.0 Å². The Kier molecular flexibility index (Phi) is 12.5. The van der Waals surface area contributed by atoms with Gasteiger partial charge in [-0.2, -0.15) is 8.42 Å². The van der Waals surface area contributed by atoms with Crippen LogP contribution in [0.5, 0.6) is 17.2 Å². The number of hydrogen-bond acceptors (Lipinski definition) is 7. The zero-order chi connectivity index (χ0) is 33.9. The molecule has 0 aromatic heterocycles. The second kappa shape index (κ2) is 16.1. The number of hydrogen-bond donors (Lipinski definition) is 1. The molecule has 8 nitrogen and oxygen atoms in total.